The summed E-state index contributed by atoms with van der Waals surface area (Å²) in [4.78, 5) is 16.8. The van der Waals surface area contributed by atoms with Gasteiger partial charge in [-0.25, -0.2) is 0 Å². The molecule has 5 nitrogen and oxygen atoms in total. The molecule has 1 amide bonds. The molecular formula is C18H26N2O3. The number of nitrogens with zero attached hydrogens (tertiary/aromatic N) is 2. The summed E-state index contributed by atoms with van der Waals surface area (Å²) in [5, 5.41) is 0. The zero-order valence-electron chi connectivity index (χ0n) is 14.0. The predicted molar refractivity (Wildman–Crippen MR) is 89.7 cm³/mol. The van der Waals surface area contributed by atoms with Gasteiger partial charge < -0.3 is 19.3 Å². The molecule has 1 atom stereocenters. The summed E-state index contributed by atoms with van der Waals surface area (Å²) in [5.41, 5.74) is 1.89. The molecule has 2 aliphatic heterocycles. The van der Waals surface area contributed by atoms with Crippen LogP contribution in [0.4, 0.5) is 5.69 Å². The highest BCUT2D eigenvalue weighted by molar-refractivity contribution is 5.94. The second kappa shape index (κ2) is 7.32. The largest absolute Gasteiger partial charge is 0.375 e. The van der Waals surface area contributed by atoms with Crippen molar-refractivity contribution >= 4 is 11.6 Å². The van der Waals surface area contributed by atoms with Crippen LogP contribution in [0.5, 0.6) is 0 Å². The van der Waals surface area contributed by atoms with Crippen molar-refractivity contribution < 1.29 is 14.3 Å². The van der Waals surface area contributed by atoms with Crippen LogP contribution in [0.1, 0.15) is 30.1 Å². The predicted octanol–water partition coefficient (Wildman–Crippen LogP) is 2.37. The van der Waals surface area contributed by atoms with Gasteiger partial charge in [-0.2, -0.15) is 0 Å². The molecule has 1 aromatic carbocycles. The van der Waals surface area contributed by atoms with E-state index in [9.17, 15) is 4.79 Å². The molecule has 5 heteroatoms. The summed E-state index contributed by atoms with van der Waals surface area (Å²) in [6.45, 7) is 5.93. The summed E-state index contributed by atoms with van der Waals surface area (Å²) in [6, 6.07) is 7.88. The number of anilines is 1. The number of amides is 1. The van der Waals surface area contributed by atoms with E-state index < -0.39 is 0 Å². The molecule has 2 heterocycles. The molecule has 2 aliphatic rings. The van der Waals surface area contributed by atoms with Crippen molar-refractivity contribution in [3.05, 3.63) is 29.8 Å². The highest BCUT2D eigenvalue weighted by Gasteiger charge is 2.33. The maximum atomic E-state index is 12.7. The van der Waals surface area contributed by atoms with E-state index in [2.05, 4.69) is 11.8 Å². The Morgan fingerprint density at radius 2 is 1.96 bits per heavy atom. The average Bonchev–Trinajstić information content (AvgIpc) is 3.15. The third-order valence-electron chi connectivity index (χ3n) is 4.81. The van der Waals surface area contributed by atoms with Crippen LogP contribution in [0.25, 0.3) is 0 Å². The lowest BCUT2D eigenvalue weighted by atomic mass is 9.96. The van der Waals surface area contributed by atoms with Crippen LogP contribution >= 0.6 is 0 Å². The number of carbonyl (C=O) groups is 1. The number of hydrogen-bond acceptors (Lipinski definition) is 4. The van der Waals surface area contributed by atoms with Crippen LogP contribution in [0.3, 0.4) is 0 Å². The highest BCUT2D eigenvalue weighted by atomic mass is 16.7. The van der Waals surface area contributed by atoms with Crippen molar-refractivity contribution in [1.29, 1.82) is 0 Å². The molecule has 0 bridgehead atoms. The lowest BCUT2D eigenvalue weighted by Crippen LogP contribution is -2.43. The fourth-order valence-corrected chi connectivity index (χ4v) is 3.29. The Labute approximate surface area is 138 Å². The Morgan fingerprint density at radius 1 is 1.26 bits per heavy atom. The average molecular weight is 318 g/mol. The molecule has 0 saturated carbocycles. The van der Waals surface area contributed by atoms with Gasteiger partial charge in [0.2, 0.25) is 0 Å². The molecule has 0 radical (unpaired) electrons. The molecule has 3 rings (SSSR count). The van der Waals surface area contributed by atoms with Crippen molar-refractivity contribution in [2.75, 3.05) is 44.8 Å². The first kappa shape index (κ1) is 16.3. The van der Waals surface area contributed by atoms with Crippen LogP contribution < -0.4 is 4.90 Å². The fourth-order valence-electron chi connectivity index (χ4n) is 3.29. The monoisotopic (exact) mass is 318 g/mol. The quantitative estimate of drug-likeness (QED) is 0.855. The summed E-state index contributed by atoms with van der Waals surface area (Å²) >= 11 is 0. The van der Waals surface area contributed by atoms with Gasteiger partial charge in [0.05, 0.1) is 13.2 Å². The van der Waals surface area contributed by atoms with Crippen molar-refractivity contribution in [3.8, 4) is 0 Å². The Morgan fingerprint density at radius 3 is 2.61 bits per heavy atom. The van der Waals surface area contributed by atoms with Crippen molar-refractivity contribution in [2.45, 2.75) is 26.1 Å². The van der Waals surface area contributed by atoms with Gasteiger partial charge in [-0.05, 0) is 44.0 Å². The topological polar surface area (TPSA) is 42.0 Å². The first-order chi connectivity index (χ1) is 11.2. The van der Waals surface area contributed by atoms with Gasteiger partial charge in [-0.15, -0.1) is 0 Å². The minimum atomic E-state index is -0.133. The van der Waals surface area contributed by atoms with Crippen LogP contribution in [-0.2, 0) is 9.47 Å². The normalized spacial score (nSPS) is 22.3. The summed E-state index contributed by atoms with van der Waals surface area (Å²) in [6.07, 6.45) is 1.94. The van der Waals surface area contributed by atoms with Gasteiger partial charge in [-0.1, -0.05) is 0 Å². The molecule has 0 spiro atoms. The van der Waals surface area contributed by atoms with Crippen molar-refractivity contribution in [1.82, 2.24) is 4.90 Å². The van der Waals surface area contributed by atoms with Crippen molar-refractivity contribution in [2.24, 2.45) is 5.92 Å². The molecule has 0 N–H and O–H groups in total. The minimum Gasteiger partial charge on any atom is -0.375 e. The molecule has 23 heavy (non-hydrogen) atoms. The van der Waals surface area contributed by atoms with E-state index in [0.29, 0.717) is 19.1 Å². The van der Waals surface area contributed by atoms with E-state index in [1.54, 1.807) is 0 Å². The Kier molecular flexibility index (Phi) is 5.18. The molecular weight excluding hydrogens is 292 g/mol. The van der Waals surface area contributed by atoms with Crippen LogP contribution in [0, 0.1) is 5.92 Å². The maximum Gasteiger partial charge on any atom is 0.253 e. The molecule has 2 saturated heterocycles. The first-order valence-electron chi connectivity index (χ1n) is 8.52. The Balaban J connectivity index is 1.64. The van der Waals surface area contributed by atoms with Crippen LogP contribution in [-0.4, -0.2) is 57.0 Å². The molecule has 126 valence electrons. The molecule has 0 aliphatic carbocycles. The number of likely N-dealkylation sites (tertiary alicyclic amines) is 1. The second-order valence-corrected chi connectivity index (χ2v) is 6.32. The van der Waals surface area contributed by atoms with Gasteiger partial charge in [0, 0.05) is 43.9 Å². The molecule has 0 aromatic heterocycles. The maximum absolute atomic E-state index is 12.7. The third-order valence-corrected chi connectivity index (χ3v) is 4.81. The van der Waals surface area contributed by atoms with E-state index in [0.717, 1.165) is 43.7 Å². The number of piperidine rings is 1. The summed E-state index contributed by atoms with van der Waals surface area (Å²) in [5.74, 6) is 0.402. The number of carbonyl (C=O) groups excluding carboxylic acids is 1. The van der Waals surface area contributed by atoms with E-state index in [4.69, 9.17) is 9.47 Å². The number of hydrogen-bond donors (Lipinski definition) is 0. The summed E-state index contributed by atoms with van der Waals surface area (Å²) in [7, 11) is 2.05. The fraction of sp³-hybridized carbons (Fsp3) is 0.611. The van der Waals surface area contributed by atoms with E-state index in [1.165, 1.54) is 0 Å². The number of benzene rings is 1. The van der Waals surface area contributed by atoms with Crippen LogP contribution in [0.2, 0.25) is 0 Å². The zero-order chi connectivity index (χ0) is 16.2. The van der Waals surface area contributed by atoms with Crippen LogP contribution in [0.15, 0.2) is 24.3 Å². The molecule has 2 fully saturated rings. The van der Waals surface area contributed by atoms with Gasteiger partial charge in [0.25, 0.3) is 5.91 Å². The highest BCUT2D eigenvalue weighted by Crippen LogP contribution is 2.26. The second-order valence-electron chi connectivity index (χ2n) is 6.32. The lowest BCUT2D eigenvalue weighted by Gasteiger charge is -2.34. The van der Waals surface area contributed by atoms with E-state index in [1.807, 2.05) is 36.2 Å². The molecule has 1 aromatic rings. The zero-order valence-corrected chi connectivity index (χ0v) is 14.0. The SMILES string of the molecule is CCN(C)c1ccc(C(=O)N2CCCC(C3OCCO3)C2)cc1. The summed E-state index contributed by atoms with van der Waals surface area (Å²) < 4.78 is 11.2. The Bertz CT molecular complexity index is 526. The van der Waals surface area contributed by atoms with Gasteiger partial charge >= 0.3 is 0 Å². The third kappa shape index (κ3) is 3.67. The standard InChI is InChI=1S/C18H26N2O3/c1-3-19(2)16-8-6-14(7-9-16)17(21)20-10-4-5-15(13-20)18-22-11-12-23-18/h6-9,15,18H,3-5,10-13H2,1-2H3. The lowest BCUT2D eigenvalue weighted by molar-refractivity contribution is -0.0969. The van der Waals surface area contributed by atoms with E-state index >= 15 is 0 Å². The number of ether oxygens (including phenoxy) is 2. The van der Waals surface area contributed by atoms with E-state index in [-0.39, 0.29) is 12.2 Å². The van der Waals surface area contributed by atoms with Gasteiger partial charge in [-0.3, -0.25) is 4.79 Å². The van der Waals surface area contributed by atoms with Gasteiger partial charge in [0.15, 0.2) is 6.29 Å². The van der Waals surface area contributed by atoms with Gasteiger partial charge in [0.1, 0.15) is 0 Å². The smallest absolute Gasteiger partial charge is 0.253 e. The molecule has 1 unspecified atom stereocenters. The first-order valence-corrected chi connectivity index (χ1v) is 8.52. The Hall–Kier alpha value is -1.59. The van der Waals surface area contributed by atoms with Crippen molar-refractivity contribution in [3.63, 3.8) is 0 Å². The number of rotatable bonds is 4. The minimum absolute atomic E-state index is 0.110.